The Morgan fingerprint density at radius 1 is 1.13 bits per heavy atom. The molecule has 3 N–H and O–H groups in total. The summed E-state index contributed by atoms with van der Waals surface area (Å²) < 4.78 is 43.4. The van der Waals surface area contributed by atoms with E-state index in [2.05, 4.69) is 10.0 Å². The number of sulfonamides is 1. The van der Waals surface area contributed by atoms with Gasteiger partial charge in [0.25, 0.3) is 5.91 Å². The van der Waals surface area contributed by atoms with Crippen molar-refractivity contribution >= 4 is 27.9 Å². The van der Waals surface area contributed by atoms with Crippen LogP contribution < -0.4 is 24.8 Å². The first-order valence-corrected chi connectivity index (χ1v) is 10.8. The molecule has 2 rings (SSSR count). The van der Waals surface area contributed by atoms with Gasteiger partial charge in [0.2, 0.25) is 10.0 Å². The van der Waals surface area contributed by atoms with Crippen molar-refractivity contribution in [3.63, 3.8) is 0 Å². The minimum Gasteiger partial charge on any atom is -0.486 e. The maximum Gasteiger partial charge on any atom is 0.324 e. The molecule has 11 nitrogen and oxygen atoms in total. The third-order valence-electron chi connectivity index (χ3n) is 3.96. The van der Waals surface area contributed by atoms with Crippen molar-refractivity contribution in [2.75, 3.05) is 26.4 Å². The second-order valence-corrected chi connectivity index (χ2v) is 8.38. The smallest absolute Gasteiger partial charge is 0.324 e. The summed E-state index contributed by atoms with van der Waals surface area (Å²) >= 11 is 0. The lowest BCUT2D eigenvalue weighted by atomic mass is 10.1. The Kier molecular flexibility index (Phi) is 8.00. The lowest BCUT2D eigenvalue weighted by Crippen LogP contribution is -2.47. The summed E-state index contributed by atoms with van der Waals surface area (Å²) in [6, 6.07) is 2.13. The van der Waals surface area contributed by atoms with Crippen molar-refractivity contribution in [1.82, 2.24) is 15.4 Å². The molecule has 0 saturated carbocycles. The van der Waals surface area contributed by atoms with Crippen LogP contribution in [0, 0.1) is 5.92 Å². The Bertz CT molecular complexity index is 901. The zero-order valence-electron chi connectivity index (χ0n) is 16.9. The number of hydrogen-bond donors (Lipinski definition) is 3. The number of hydrogen-bond acceptors (Lipinski definition) is 8. The number of ether oxygens (including phenoxy) is 3. The van der Waals surface area contributed by atoms with Crippen LogP contribution in [-0.4, -0.2) is 58.7 Å². The second-order valence-electron chi connectivity index (χ2n) is 6.66. The van der Waals surface area contributed by atoms with Gasteiger partial charge in [0.1, 0.15) is 19.3 Å². The molecule has 0 radical (unpaired) electrons. The van der Waals surface area contributed by atoms with Crippen molar-refractivity contribution < 1.29 is 37.0 Å². The molecule has 1 unspecified atom stereocenters. The number of rotatable bonds is 8. The molecule has 12 heteroatoms. The highest BCUT2D eigenvalue weighted by atomic mass is 32.2. The van der Waals surface area contributed by atoms with Gasteiger partial charge in [0.15, 0.2) is 18.1 Å². The van der Waals surface area contributed by atoms with Crippen LogP contribution in [0.3, 0.4) is 0 Å². The van der Waals surface area contributed by atoms with Crippen LogP contribution >= 0.6 is 0 Å². The van der Waals surface area contributed by atoms with Crippen LogP contribution in [0.25, 0.3) is 0 Å². The van der Waals surface area contributed by atoms with E-state index in [0.29, 0.717) is 25.5 Å². The second kappa shape index (κ2) is 10.3. The molecule has 30 heavy (non-hydrogen) atoms. The maximum atomic E-state index is 12.7. The number of fused-ring (bicyclic) bond motifs is 1. The Hall–Kier alpha value is -2.86. The third-order valence-corrected chi connectivity index (χ3v) is 5.40. The van der Waals surface area contributed by atoms with Crippen molar-refractivity contribution in [1.29, 1.82) is 0 Å². The molecule has 0 saturated heterocycles. The topological polar surface area (TPSA) is 149 Å². The SMILES string of the molecule is CCNC(=O)NC(=O)COC(=O)C(NS(=O)(=O)c1ccc2c(c1)OCCO2)C(C)C. The molecule has 3 amide bonds. The number of imide groups is 1. The van der Waals surface area contributed by atoms with Crippen molar-refractivity contribution in [3.8, 4) is 11.5 Å². The molecule has 1 heterocycles. The molecule has 0 spiro atoms. The van der Waals surface area contributed by atoms with E-state index in [9.17, 15) is 22.8 Å². The molecule has 0 aliphatic carbocycles. The van der Waals surface area contributed by atoms with Gasteiger partial charge in [-0.25, -0.2) is 13.2 Å². The third kappa shape index (κ3) is 6.32. The Morgan fingerprint density at radius 3 is 2.43 bits per heavy atom. The first-order valence-electron chi connectivity index (χ1n) is 9.30. The number of nitrogens with one attached hydrogen (secondary N) is 3. The standard InChI is InChI=1S/C18H25N3O8S/c1-4-19-18(24)20-15(22)10-29-17(23)16(11(2)3)21-30(25,26)12-5-6-13-14(9-12)28-8-7-27-13/h5-6,9,11,16,21H,4,7-8,10H2,1-3H3,(H2,19,20,22,24). The molecule has 0 aromatic heterocycles. The summed E-state index contributed by atoms with van der Waals surface area (Å²) in [4.78, 5) is 35.2. The van der Waals surface area contributed by atoms with Crippen LogP contribution in [0.1, 0.15) is 20.8 Å². The first kappa shape index (κ1) is 23.4. The normalized spacial score (nSPS) is 14.0. The molecular formula is C18H25N3O8S. The average Bonchev–Trinajstić information content (AvgIpc) is 2.69. The van der Waals surface area contributed by atoms with Gasteiger partial charge in [-0.05, 0) is 25.0 Å². The molecule has 1 aromatic rings. The van der Waals surface area contributed by atoms with E-state index >= 15 is 0 Å². The summed E-state index contributed by atoms with van der Waals surface area (Å²) in [7, 11) is -4.10. The minimum atomic E-state index is -4.10. The summed E-state index contributed by atoms with van der Waals surface area (Å²) in [5.74, 6) is -1.55. The van der Waals surface area contributed by atoms with Gasteiger partial charge in [-0.3, -0.25) is 14.9 Å². The van der Waals surface area contributed by atoms with Crippen LogP contribution in [0.5, 0.6) is 11.5 Å². The van der Waals surface area contributed by atoms with E-state index in [1.807, 2.05) is 5.32 Å². The van der Waals surface area contributed by atoms with E-state index in [1.165, 1.54) is 18.2 Å². The van der Waals surface area contributed by atoms with Crippen LogP contribution in [0.15, 0.2) is 23.1 Å². The average molecular weight is 443 g/mol. The summed E-state index contributed by atoms with van der Waals surface area (Å²) in [5.41, 5.74) is 0. The van der Waals surface area contributed by atoms with Crippen LogP contribution in [0.4, 0.5) is 4.79 Å². The first-order chi connectivity index (χ1) is 14.1. The van der Waals surface area contributed by atoms with E-state index in [-0.39, 0.29) is 10.6 Å². The van der Waals surface area contributed by atoms with Gasteiger partial charge in [-0.2, -0.15) is 4.72 Å². The zero-order chi connectivity index (χ0) is 22.3. The predicted octanol–water partition coefficient (Wildman–Crippen LogP) is 0.150. The summed E-state index contributed by atoms with van der Waals surface area (Å²) in [6.45, 7) is 5.15. The van der Waals surface area contributed by atoms with Gasteiger partial charge in [-0.15, -0.1) is 0 Å². The van der Waals surface area contributed by atoms with Crippen molar-refractivity contribution in [3.05, 3.63) is 18.2 Å². The highest BCUT2D eigenvalue weighted by Crippen LogP contribution is 2.32. The van der Waals surface area contributed by atoms with E-state index in [0.717, 1.165) is 0 Å². The molecule has 1 aromatic carbocycles. The fraction of sp³-hybridized carbons (Fsp3) is 0.500. The quantitative estimate of drug-likeness (QED) is 0.481. The van der Waals surface area contributed by atoms with Gasteiger partial charge in [0.05, 0.1) is 4.90 Å². The summed E-state index contributed by atoms with van der Waals surface area (Å²) in [5, 5.41) is 4.33. The Balaban J connectivity index is 2.04. The fourth-order valence-corrected chi connectivity index (χ4v) is 3.82. The number of benzene rings is 1. The van der Waals surface area contributed by atoms with Gasteiger partial charge >= 0.3 is 12.0 Å². The van der Waals surface area contributed by atoms with Crippen LogP contribution in [-0.2, 0) is 24.3 Å². The van der Waals surface area contributed by atoms with Gasteiger partial charge < -0.3 is 19.5 Å². The number of carbonyl (C=O) groups is 3. The molecule has 0 fully saturated rings. The largest absolute Gasteiger partial charge is 0.486 e. The van der Waals surface area contributed by atoms with Gasteiger partial charge in [-0.1, -0.05) is 13.8 Å². The molecule has 0 bridgehead atoms. The molecule has 1 atom stereocenters. The van der Waals surface area contributed by atoms with E-state index in [4.69, 9.17) is 14.2 Å². The lowest BCUT2D eigenvalue weighted by Gasteiger charge is -2.22. The highest BCUT2D eigenvalue weighted by Gasteiger charge is 2.31. The molecule has 1 aliphatic rings. The fourth-order valence-electron chi connectivity index (χ4n) is 2.48. The summed E-state index contributed by atoms with van der Waals surface area (Å²) in [6.07, 6.45) is 0. The molecule has 1 aliphatic heterocycles. The number of urea groups is 1. The lowest BCUT2D eigenvalue weighted by molar-refractivity contribution is -0.150. The zero-order valence-corrected chi connectivity index (χ0v) is 17.7. The van der Waals surface area contributed by atoms with Crippen LogP contribution in [0.2, 0.25) is 0 Å². The minimum absolute atomic E-state index is 0.112. The highest BCUT2D eigenvalue weighted by molar-refractivity contribution is 7.89. The number of amides is 3. The van der Waals surface area contributed by atoms with Crippen molar-refractivity contribution in [2.45, 2.75) is 31.7 Å². The monoisotopic (exact) mass is 443 g/mol. The number of carbonyl (C=O) groups excluding carboxylic acids is 3. The van der Waals surface area contributed by atoms with Gasteiger partial charge in [0, 0.05) is 12.6 Å². The molecule has 166 valence electrons. The van der Waals surface area contributed by atoms with E-state index < -0.39 is 46.5 Å². The van der Waals surface area contributed by atoms with Crippen molar-refractivity contribution in [2.24, 2.45) is 5.92 Å². The number of esters is 1. The maximum absolute atomic E-state index is 12.7. The Morgan fingerprint density at radius 2 is 1.80 bits per heavy atom. The Labute approximate surface area is 174 Å². The van der Waals surface area contributed by atoms with E-state index in [1.54, 1.807) is 20.8 Å². The predicted molar refractivity (Wildman–Crippen MR) is 105 cm³/mol. The molecular weight excluding hydrogens is 418 g/mol.